The number of nitrogens with one attached hydrogen (secondary N) is 1. The molecule has 0 spiro atoms. The number of benzene rings is 1. The van der Waals surface area contributed by atoms with Gasteiger partial charge in [-0.3, -0.25) is 14.2 Å². The number of aromatic nitrogens is 4. The molecular weight excluding hydrogens is 383 g/mol. The molecule has 1 amide bonds. The van der Waals surface area contributed by atoms with Crippen molar-refractivity contribution in [2.45, 2.75) is 19.6 Å². The van der Waals surface area contributed by atoms with Crippen molar-refractivity contribution in [2.24, 2.45) is 7.05 Å². The molecule has 1 N–H and O–H groups in total. The molecule has 1 aromatic carbocycles. The minimum absolute atomic E-state index is 0.218. The Morgan fingerprint density at radius 3 is 2.59 bits per heavy atom. The van der Waals surface area contributed by atoms with Gasteiger partial charge in [-0.05, 0) is 24.6 Å². The zero-order chi connectivity index (χ0) is 19.8. The van der Waals surface area contributed by atoms with Crippen molar-refractivity contribution in [3.05, 3.63) is 64.1 Å². The van der Waals surface area contributed by atoms with Gasteiger partial charge in [-0.25, -0.2) is 0 Å². The fraction of sp³-hybridized carbons (Fsp3) is 0.235. The van der Waals surface area contributed by atoms with E-state index in [0.717, 1.165) is 15.9 Å². The summed E-state index contributed by atoms with van der Waals surface area (Å²) in [7, 11) is 1.27. The number of hydrogen-bond acceptors (Lipinski definition) is 3. The van der Waals surface area contributed by atoms with Crippen LogP contribution < -0.4 is 5.32 Å². The average Bonchev–Trinajstić information content (AvgIpc) is 3.10. The number of nitrogens with zero attached hydrogens (tertiary/aromatic N) is 4. The molecule has 27 heavy (non-hydrogen) atoms. The van der Waals surface area contributed by atoms with E-state index in [4.69, 9.17) is 11.6 Å². The van der Waals surface area contributed by atoms with E-state index in [0.29, 0.717) is 17.6 Å². The highest BCUT2D eigenvalue weighted by molar-refractivity contribution is 6.30. The van der Waals surface area contributed by atoms with Crippen LogP contribution in [0.2, 0.25) is 5.02 Å². The molecule has 0 aliphatic heterocycles. The van der Waals surface area contributed by atoms with E-state index in [1.165, 1.54) is 7.05 Å². The van der Waals surface area contributed by atoms with Gasteiger partial charge in [0, 0.05) is 29.9 Å². The van der Waals surface area contributed by atoms with Crippen molar-refractivity contribution in [3.63, 3.8) is 0 Å². The lowest BCUT2D eigenvalue weighted by Gasteiger charge is -2.05. The van der Waals surface area contributed by atoms with Crippen LogP contribution in [0.3, 0.4) is 0 Å². The standard InChI is InChI=1S/C17H15ClF3N5O/c1-10-6-15(24-26(10)9-11-4-3-5-12(18)7-11)22-16(27)13-8-14(17(19,20)21)23-25(13)2/h3-8H,9H2,1-2H3,(H,22,24,27). The second kappa shape index (κ2) is 7.07. The van der Waals surface area contributed by atoms with Crippen molar-refractivity contribution in [3.8, 4) is 0 Å². The van der Waals surface area contributed by atoms with Crippen LogP contribution >= 0.6 is 11.6 Å². The number of amides is 1. The number of alkyl halides is 3. The van der Waals surface area contributed by atoms with Crippen LogP contribution in [-0.4, -0.2) is 25.5 Å². The predicted molar refractivity (Wildman–Crippen MR) is 93.7 cm³/mol. The second-order valence-electron chi connectivity index (χ2n) is 5.95. The van der Waals surface area contributed by atoms with Gasteiger partial charge < -0.3 is 5.32 Å². The van der Waals surface area contributed by atoms with Crippen molar-refractivity contribution < 1.29 is 18.0 Å². The van der Waals surface area contributed by atoms with Gasteiger partial charge in [-0.1, -0.05) is 23.7 Å². The van der Waals surface area contributed by atoms with Gasteiger partial charge in [0.2, 0.25) is 0 Å². The Bertz CT molecular complexity index is 993. The first-order valence-electron chi connectivity index (χ1n) is 7.85. The minimum Gasteiger partial charge on any atom is -0.304 e. The first-order chi connectivity index (χ1) is 12.6. The lowest BCUT2D eigenvalue weighted by molar-refractivity contribution is -0.141. The summed E-state index contributed by atoms with van der Waals surface area (Å²) in [5.74, 6) is -0.498. The van der Waals surface area contributed by atoms with Gasteiger partial charge in [-0.15, -0.1) is 0 Å². The molecule has 2 aromatic heterocycles. The summed E-state index contributed by atoms with van der Waals surface area (Å²) >= 11 is 5.97. The van der Waals surface area contributed by atoms with Gasteiger partial charge in [0.15, 0.2) is 11.5 Å². The van der Waals surface area contributed by atoms with Crippen LogP contribution in [0.5, 0.6) is 0 Å². The summed E-state index contributed by atoms with van der Waals surface area (Å²) in [5, 5.41) is 10.7. The number of carbonyl (C=O) groups excluding carboxylic acids is 1. The summed E-state index contributed by atoms with van der Waals surface area (Å²) in [4.78, 5) is 12.3. The van der Waals surface area contributed by atoms with Crippen molar-refractivity contribution >= 4 is 23.3 Å². The van der Waals surface area contributed by atoms with E-state index in [-0.39, 0.29) is 11.5 Å². The zero-order valence-electron chi connectivity index (χ0n) is 14.4. The third-order valence-electron chi connectivity index (χ3n) is 3.85. The van der Waals surface area contributed by atoms with Crippen LogP contribution in [0.1, 0.15) is 27.4 Å². The van der Waals surface area contributed by atoms with Crippen LogP contribution in [0.4, 0.5) is 19.0 Å². The highest BCUT2D eigenvalue weighted by Crippen LogP contribution is 2.28. The van der Waals surface area contributed by atoms with Gasteiger partial charge in [0.1, 0.15) is 5.69 Å². The van der Waals surface area contributed by atoms with Gasteiger partial charge in [-0.2, -0.15) is 23.4 Å². The van der Waals surface area contributed by atoms with Gasteiger partial charge in [0.25, 0.3) is 5.91 Å². The minimum atomic E-state index is -4.62. The molecular formula is C17H15ClF3N5O. The second-order valence-corrected chi connectivity index (χ2v) is 6.39. The van der Waals surface area contributed by atoms with E-state index in [1.54, 1.807) is 29.8 Å². The molecule has 0 fully saturated rings. The Hall–Kier alpha value is -2.81. The van der Waals surface area contributed by atoms with Crippen molar-refractivity contribution in [2.75, 3.05) is 5.32 Å². The van der Waals surface area contributed by atoms with E-state index in [9.17, 15) is 18.0 Å². The lowest BCUT2D eigenvalue weighted by atomic mass is 10.2. The highest BCUT2D eigenvalue weighted by atomic mass is 35.5. The number of rotatable bonds is 4. The average molecular weight is 398 g/mol. The predicted octanol–water partition coefficient (Wildman–Crippen LogP) is 3.90. The molecule has 0 saturated heterocycles. The molecule has 3 rings (SSSR count). The van der Waals surface area contributed by atoms with E-state index < -0.39 is 17.8 Å². The van der Waals surface area contributed by atoms with Crippen molar-refractivity contribution in [1.29, 1.82) is 0 Å². The fourth-order valence-electron chi connectivity index (χ4n) is 2.54. The quantitative estimate of drug-likeness (QED) is 0.726. The Morgan fingerprint density at radius 1 is 1.22 bits per heavy atom. The topological polar surface area (TPSA) is 64.7 Å². The third kappa shape index (κ3) is 4.30. The van der Waals surface area contributed by atoms with Gasteiger partial charge >= 0.3 is 6.18 Å². The maximum Gasteiger partial charge on any atom is 0.435 e. The highest BCUT2D eigenvalue weighted by Gasteiger charge is 2.35. The molecule has 3 aromatic rings. The van der Waals surface area contributed by atoms with Crippen molar-refractivity contribution in [1.82, 2.24) is 19.6 Å². The molecule has 0 saturated carbocycles. The molecule has 0 aliphatic carbocycles. The van der Waals surface area contributed by atoms with Gasteiger partial charge in [0.05, 0.1) is 6.54 Å². The number of halogens is 4. The van der Waals surface area contributed by atoms with Crippen LogP contribution in [0.25, 0.3) is 0 Å². The molecule has 0 aliphatic rings. The Morgan fingerprint density at radius 2 is 1.96 bits per heavy atom. The monoisotopic (exact) mass is 397 g/mol. The Kier molecular flexibility index (Phi) is 4.97. The first kappa shape index (κ1) is 19.0. The summed E-state index contributed by atoms with van der Waals surface area (Å²) in [6.45, 7) is 2.24. The molecule has 0 bridgehead atoms. The smallest absolute Gasteiger partial charge is 0.304 e. The van der Waals surface area contributed by atoms with E-state index in [1.807, 2.05) is 12.1 Å². The number of hydrogen-bond donors (Lipinski definition) is 1. The molecule has 6 nitrogen and oxygen atoms in total. The Balaban J connectivity index is 1.77. The Labute approximate surface area is 157 Å². The SMILES string of the molecule is Cc1cc(NC(=O)c2cc(C(F)(F)F)nn2C)nn1Cc1cccc(Cl)c1. The molecule has 10 heteroatoms. The van der Waals surface area contributed by atoms with Crippen LogP contribution in [0.15, 0.2) is 36.4 Å². The van der Waals surface area contributed by atoms with Crippen LogP contribution in [-0.2, 0) is 19.8 Å². The number of aryl methyl sites for hydroxylation is 2. The summed E-state index contributed by atoms with van der Waals surface area (Å²) in [5.41, 5.74) is 0.349. The first-order valence-corrected chi connectivity index (χ1v) is 8.23. The summed E-state index contributed by atoms with van der Waals surface area (Å²) in [6.07, 6.45) is -4.62. The molecule has 2 heterocycles. The fourth-order valence-corrected chi connectivity index (χ4v) is 2.75. The largest absolute Gasteiger partial charge is 0.435 e. The normalized spacial score (nSPS) is 11.6. The zero-order valence-corrected chi connectivity index (χ0v) is 15.1. The molecule has 0 atom stereocenters. The molecule has 0 unspecified atom stereocenters. The summed E-state index contributed by atoms with van der Waals surface area (Å²) < 4.78 is 40.7. The number of carbonyl (C=O) groups is 1. The lowest BCUT2D eigenvalue weighted by Crippen LogP contribution is -2.16. The summed E-state index contributed by atoms with van der Waals surface area (Å²) in [6, 6.07) is 9.60. The van der Waals surface area contributed by atoms with E-state index in [2.05, 4.69) is 15.5 Å². The van der Waals surface area contributed by atoms with Crippen LogP contribution in [0, 0.1) is 6.92 Å². The molecule has 142 valence electrons. The number of anilines is 1. The molecule has 0 radical (unpaired) electrons. The third-order valence-corrected chi connectivity index (χ3v) is 4.08. The van der Waals surface area contributed by atoms with E-state index >= 15 is 0 Å². The maximum atomic E-state index is 12.7. The maximum absolute atomic E-state index is 12.7.